The van der Waals surface area contributed by atoms with Crippen LogP contribution in [0.25, 0.3) is 10.4 Å². The molecular formula is C10H14N4O2S. The second-order valence-corrected chi connectivity index (χ2v) is 5.71. The molecular weight excluding hydrogens is 240 g/mol. The number of nitrogens with zero attached hydrogens (tertiary/aromatic N) is 4. The fourth-order valence-corrected chi connectivity index (χ4v) is 2.41. The molecule has 0 unspecified atom stereocenters. The number of thiazole rings is 1. The van der Waals surface area contributed by atoms with Gasteiger partial charge < -0.3 is 9.47 Å². The van der Waals surface area contributed by atoms with Crippen LogP contribution in [0.4, 0.5) is 0 Å². The van der Waals surface area contributed by atoms with E-state index < -0.39 is 11.3 Å². The highest BCUT2D eigenvalue weighted by molar-refractivity contribution is 7.11. The predicted molar refractivity (Wildman–Crippen MR) is 63.7 cm³/mol. The van der Waals surface area contributed by atoms with E-state index in [-0.39, 0.29) is 13.2 Å². The van der Waals surface area contributed by atoms with Crippen LogP contribution < -0.4 is 0 Å². The Kier molecular flexibility index (Phi) is 3.09. The second kappa shape index (κ2) is 4.27. The molecule has 0 bridgehead atoms. The van der Waals surface area contributed by atoms with Gasteiger partial charge >= 0.3 is 0 Å². The average molecular weight is 254 g/mol. The van der Waals surface area contributed by atoms with E-state index in [1.54, 1.807) is 6.20 Å². The van der Waals surface area contributed by atoms with Crippen LogP contribution in [0.3, 0.4) is 0 Å². The Morgan fingerprint density at radius 3 is 2.59 bits per heavy atom. The van der Waals surface area contributed by atoms with Crippen molar-refractivity contribution in [3.63, 3.8) is 0 Å². The Hall–Kier alpha value is -1.14. The minimum absolute atomic E-state index is 0.289. The smallest absolute Gasteiger partial charge is 0.162 e. The van der Waals surface area contributed by atoms with Crippen molar-refractivity contribution in [3.05, 3.63) is 26.5 Å². The molecule has 0 amide bonds. The molecule has 1 aromatic heterocycles. The number of hydrogen-bond donors (Lipinski definition) is 0. The van der Waals surface area contributed by atoms with Gasteiger partial charge in [-0.3, -0.25) is 0 Å². The minimum atomic E-state index is -0.830. The Bertz CT molecular complexity index is 455. The Labute approximate surface area is 103 Å². The fraction of sp³-hybridized carbons (Fsp3) is 0.700. The van der Waals surface area contributed by atoms with E-state index in [1.807, 2.05) is 20.8 Å². The van der Waals surface area contributed by atoms with Crippen LogP contribution in [0.2, 0.25) is 0 Å². The standard InChI is InChI=1S/C10H14N4O2S/c1-7-4-12-8(17-7)10(13-14-11)5-15-9(2,3)16-6-10/h4H,5-6H2,1-3H3. The molecule has 7 heteroatoms. The molecule has 0 atom stereocenters. The summed E-state index contributed by atoms with van der Waals surface area (Å²) >= 11 is 1.50. The van der Waals surface area contributed by atoms with Crippen LogP contribution >= 0.6 is 11.3 Å². The van der Waals surface area contributed by atoms with E-state index in [1.165, 1.54) is 11.3 Å². The van der Waals surface area contributed by atoms with Crippen molar-refractivity contribution in [1.29, 1.82) is 0 Å². The van der Waals surface area contributed by atoms with Crippen molar-refractivity contribution in [1.82, 2.24) is 4.98 Å². The summed E-state index contributed by atoms with van der Waals surface area (Å²) in [6.07, 6.45) is 1.76. The summed E-state index contributed by atoms with van der Waals surface area (Å²) in [5.41, 5.74) is 7.88. The first-order valence-corrected chi connectivity index (χ1v) is 6.06. The molecule has 17 heavy (non-hydrogen) atoms. The lowest BCUT2D eigenvalue weighted by Crippen LogP contribution is -2.47. The van der Waals surface area contributed by atoms with Crippen molar-refractivity contribution in [2.24, 2.45) is 5.11 Å². The van der Waals surface area contributed by atoms with Crippen molar-refractivity contribution in [2.45, 2.75) is 32.1 Å². The summed E-state index contributed by atoms with van der Waals surface area (Å²) in [5.74, 6) is -0.638. The minimum Gasteiger partial charge on any atom is -0.349 e. The first-order chi connectivity index (χ1) is 7.97. The van der Waals surface area contributed by atoms with Gasteiger partial charge in [0.05, 0.1) is 13.2 Å². The van der Waals surface area contributed by atoms with Gasteiger partial charge in [0.15, 0.2) is 5.79 Å². The summed E-state index contributed by atoms with van der Waals surface area (Å²) in [7, 11) is 0. The molecule has 1 aliphatic rings. The van der Waals surface area contributed by atoms with E-state index in [2.05, 4.69) is 15.0 Å². The van der Waals surface area contributed by atoms with E-state index in [4.69, 9.17) is 15.0 Å². The highest BCUT2D eigenvalue weighted by Gasteiger charge is 2.43. The third kappa shape index (κ3) is 2.42. The zero-order valence-electron chi connectivity index (χ0n) is 10.0. The van der Waals surface area contributed by atoms with Gasteiger partial charge in [-0.2, -0.15) is 0 Å². The van der Waals surface area contributed by atoms with Crippen molar-refractivity contribution >= 4 is 11.3 Å². The van der Waals surface area contributed by atoms with Gasteiger partial charge in [-0.25, -0.2) is 4.98 Å². The lowest BCUT2D eigenvalue weighted by atomic mass is 10.0. The van der Waals surface area contributed by atoms with Crippen LogP contribution in [-0.2, 0) is 15.0 Å². The number of hydrogen-bond acceptors (Lipinski definition) is 5. The highest BCUT2D eigenvalue weighted by Crippen LogP contribution is 2.36. The number of ether oxygens (including phenoxy) is 2. The molecule has 0 N–H and O–H groups in total. The van der Waals surface area contributed by atoms with Gasteiger partial charge in [0.1, 0.15) is 10.5 Å². The molecule has 6 nitrogen and oxygen atoms in total. The molecule has 0 aliphatic carbocycles. The number of azide groups is 1. The third-order valence-corrected chi connectivity index (χ3v) is 3.68. The molecule has 2 heterocycles. The average Bonchev–Trinajstić information content (AvgIpc) is 2.69. The largest absolute Gasteiger partial charge is 0.349 e. The Morgan fingerprint density at radius 2 is 2.12 bits per heavy atom. The lowest BCUT2D eigenvalue weighted by molar-refractivity contribution is -0.268. The monoisotopic (exact) mass is 254 g/mol. The molecule has 1 aromatic rings. The highest BCUT2D eigenvalue weighted by atomic mass is 32.1. The van der Waals surface area contributed by atoms with Gasteiger partial charge in [0, 0.05) is 16.0 Å². The summed E-state index contributed by atoms with van der Waals surface area (Å²) < 4.78 is 11.2. The Morgan fingerprint density at radius 1 is 1.47 bits per heavy atom. The molecule has 1 fully saturated rings. The molecule has 1 aliphatic heterocycles. The van der Waals surface area contributed by atoms with Crippen molar-refractivity contribution < 1.29 is 9.47 Å². The lowest BCUT2D eigenvalue weighted by Gasteiger charge is -2.39. The molecule has 1 saturated heterocycles. The topological polar surface area (TPSA) is 80.1 Å². The predicted octanol–water partition coefficient (Wildman–Crippen LogP) is 2.74. The molecule has 92 valence electrons. The summed E-state index contributed by atoms with van der Waals surface area (Å²) in [6, 6.07) is 0. The van der Waals surface area contributed by atoms with Gasteiger partial charge in [0.25, 0.3) is 0 Å². The molecule has 0 saturated carbocycles. The molecule has 0 spiro atoms. The normalized spacial score (nSPS) is 21.8. The van der Waals surface area contributed by atoms with Crippen LogP contribution in [-0.4, -0.2) is 24.0 Å². The van der Waals surface area contributed by atoms with Crippen molar-refractivity contribution in [2.75, 3.05) is 13.2 Å². The summed E-state index contributed by atoms with van der Waals surface area (Å²) in [6.45, 7) is 6.20. The Balaban J connectivity index is 2.32. The number of aromatic nitrogens is 1. The van der Waals surface area contributed by atoms with Crippen molar-refractivity contribution in [3.8, 4) is 0 Å². The quantitative estimate of drug-likeness (QED) is 0.462. The maximum Gasteiger partial charge on any atom is 0.162 e. The zero-order chi connectivity index (χ0) is 12.5. The fourth-order valence-electron chi connectivity index (χ4n) is 1.55. The summed E-state index contributed by atoms with van der Waals surface area (Å²) in [5, 5.41) is 4.58. The van der Waals surface area contributed by atoms with E-state index in [9.17, 15) is 0 Å². The maximum absolute atomic E-state index is 8.71. The van der Waals surface area contributed by atoms with Gasteiger partial charge in [-0.15, -0.1) is 11.3 Å². The van der Waals surface area contributed by atoms with Crippen LogP contribution in [0.5, 0.6) is 0 Å². The number of aryl methyl sites for hydroxylation is 1. The molecule has 0 aromatic carbocycles. The van der Waals surface area contributed by atoms with Crippen LogP contribution in [0, 0.1) is 6.92 Å². The van der Waals surface area contributed by atoms with E-state index in [0.717, 1.165) is 9.88 Å². The first-order valence-electron chi connectivity index (χ1n) is 5.25. The van der Waals surface area contributed by atoms with Gasteiger partial charge in [0.2, 0.25) is 0 Å². The first kappa shape index (κ1) is 12.3. The van der Waals surface area contributed by atoms with E-state index >= 15 is 0 Å². The van der Waals surface area contributed by atoms with Gasteiger partial charge in [-0.1, -0.05) is 5.11 Å². The van der Waals surface area contributed by atoms with Crippen LogP contribution in [0.15, 0.2) is 11.3 Å². The van der Waals surface area contributed by atoms with Gasteiger partial charge in [-0.05, 0) is 26.3 Å². The zero-order valence-corrected chi connectivity index (χ0v) is 10.8. The summed E-state index contributed by atoms with van der Waals surface area (Å²) in [4.78, 5) is 8.24. The second-order valence-electron chi connectivity index (χ2n) is 4.47. The maximum atomic E-state index is 8.71. The molecule has 2 rings (SSSR count). The third-order valence-electron chi connectivity index (χ3n) is 2.57. The SMILES string of the molecule is Cc1cnc(C2(N=[N+]=[N-])COC(C)(C)OC2)s1. The van der Waals surface area contributed by atoms with Crippen LogP contribution in [0.1, 0.15) is 23.7 Å². The van der Waals surface area contributed by atoms with E-state index in [0.29, 0.717) is 0 Å². The molecule has 0 radical (unpaired) electrons. The number of rotatable bonds is 2.